The predicted octanol–water partition coefficient (Wildman–Crippen LogP) is 4.11. The summed E-state index contributed by atoms with van der Waals surface area (Å²) in [4.78, 5) is 19.0. The molecule has 5 nitrogen and oxygen atoms in total. The van der Waals surface area contributed by atoms with Crippen molar-refractivity contribution in [3.8, 4) is 11.1 Å². The topological polar surface area (TPSA) is 61.9 Å². The van der Waals surface area contributed by atoms with Gasteiger partial charge < -0.3 is 4.90 Å². The van der Waals surface area contributed by atoms with Gasteiger partial charge in [0.15, 0.2) is 0 Å². The Balaban J connectivity index is 1.56. The number of H-pyrrole nitrogens is 1. The number of hydrogen-bond donors (Lipinski definition) is 1. The lowest BCUT2D eigenvalue weighted by atomic mass is 9.90. The smallest absolute Gasteiger partial charge is 0.255 e. The van der Waals surface area contributed by atoms with Crippen LogP contribution in [-0.4, -0.2) is 39.1 Å². The monoisotopic (exact) mass is 360 g/mol. The Kier molecular flexibility index (Phi) is 4.75. The first-order valence-corrected chi connectivity index (χ1v) is 9.43. The maximum atomic E-state index is 12.9. The molecule has 1 amide bonds. The lowest BCUT2D eigenvalue weighted by Gasteiger charge is -2.32. The van der Waals surface area contributed by atoms with Gasteiger partial charge in [0.25, 0.3) is 5.91 Å². The van der Waals surface area contributed by atoms with Crippen molar-refractivity contribution in [1.82, 2.24) is 20.1 Å². The minimum atomic E-state index is 0.0623. The van der Waals surface area contributed by atoms with Gasteiger partial charge >= 0.3 is 0 Å². The van der Waals surface area contributed by atoms with Gasteiger partial charge in [0.05, 0.1) is 11.8 Å². The summed E-state index contributed by atoms with van der Waals surface area (Å²) >= 11 is 0. The van der Waals surface area contributed by atoms with Crippen LogP contribution in [0.5, 0.6) is 0 Å². The Hall–Kier alpha value is -2.95. The summed E-state index contributed by atoms with van der Waals surface area (Å²) in [5.74, 6) is 0.326. The van der Waals surface area contributed by atoms with Crippen molar-refractivity contribution in [2.24, 2.45) is 0 Å². The highest BCUT2D eigenvalue weighted by Crippen LogP contribution is 2.33. The molecule has 1 saturated heterocycles. The van der Waals surface area contributed by atoms with E-state index in [2.05, 4.69) is 46.4 Å². The molecule has 1 aliphatic rings. The molecule has 2 aromatic heterocycles. The summed E-state index contributed by atoms with van der Waals surface area (Å²) < 4.78 is 0. The molecule has 1 fully saturated rings. The molecule has 0 radical (unpaired) electrons. The summed E-state index contributed by atoms with van der Waals surface area (Å²) in [5, 5.41) is 7.49. The molecule has 0 saturated carbocycles. The van der Waals surface area contributed by atoms with Gasteiger partial charge in [0.1, 0.15) is 0 Å². The number of benzene rings is 1. The zero-order chi connectivity index (χ0) is 18.8. The second-order valence-electron chi connectivity index (χ2n) is 7.40. The van der Waals surface area contributed by atoms with E-state index in [0.717, 1.165) is 41.8 Å². The number of aromatic nitrogens is 3. The van der Waals surface area contributed by atoms with E-state index < -0.39 is 0 Å². The number of aryl methyl sites for hydroxylation is 2. The van der Waals surface area contributed by atoms with E-state index >= 15 is 0 Å². The average molecular weight is 360 g/mol. The quantitative estimate of drug-likeness (QED) is 0.765. The van der Waals surface area contributed by atoms with E-state index in [9.17, 15) is 4.79 Å². The molecule has 4 rings (SSSR count). The van der Waals surface area contributed by atoms with Crippen molar-refractivity contribution in [3.05, 3.63) is 71.3 Å². The van der Waals surface area contributed by atoms with Crippen LogP contribution in [0.3, 0.4) is 0 Å². The third-order valence-corrected chi connectivity index (χ3v) is 5.27. The Morgan fingerprint density at radius 2 is 1.93 bits per heavy atom. The first-order chi connectivity index (χ1) is 13.1. The van der Waals surface area contributed by atoms with Crippen LogP contribution < -0.4 is 0 Å². The van der Waals surface area contributed by atoms with Crippen molar-refractivity contribution < 1.29 is 4.79 Å². The molecule has 1 atom stereocenters. The minimum Gasteiger partial charge on any atom is -0.338 e. The highest BCUT2D eigenvalue weighted by Gasteiger charge is 2.28. The minimum absolute atomic E-state index is 0.0623. The molecule has 0 spiro atoms. The molecule has 1 N–H and O–H groups in total. The van der Waals surface area contributed by atoms with Gasteiger partial charge in [-0.15, -0.1) is 0 Å². The van der Waals surface area contributed by atoms with E-state index in [0.29, 0.717) is 12.1 Å². The number of nitrogens with zero attached hydrogens (tertiary/aromatic N) is 3. The summed E-state index contributed by atoms with van der Waals surface area (Å²) in [7, 11) is 0. The summed E-state index contributed by atoms with van der Waals surface area (Å²) in [6.45, 7) is 5.54. The van der Waals surface area contributed by atoms with Crippen molar-refractivity contribution in [2.45, 2.75) is 32.6 Å². The molecule has 138 valence electrons. The first kappa shape index (κ1) is 17.5. The third-order valence-electron chi connectivity index (χ3n) is 5.27. The van der Waals surface area contributed by atoms with Gasteiger partial charge in [-0.3, -0.25) is 14.9 Å². The number of amides is 1. The Morgan fingerprint density at radius 3 is 2.70 bits per heavy atom. The summed E-state index contributed by atoms with van der Waals surface area (Å²) in [6, 6.07) is 10.4. The Morgan fingerprint density at radius 1 is 1.11 bits per heavy atom. The highest BCUT2D eigenvalue weighted by molar-refractivity contribution is 5.94. The van der Waals surface area contributed by atoms with Crippen LogP contribution in [0.25, 0.3) is 11.1 Å². The lowest BCUT2D eigenvalue weighted by Crippen LogP contribution is -2.39. The molecule has 5 heteroatoms. The number of rotatable bonds is 3. The van der Waals surface area contributed by atoms with Crippen LogP contribution in [0.2, 0.25) is 0 Å². The van der Waals surface area contributed by atoms with Gasteiger partial charge in [-0.25, -0.2) is 0 Å². The number of aromatic amines is 1. The largest absolute Gasteiger partial charge is 0.338 e. The van der Waals surface area contributed by atoms with Crippen molar-refractivity contribution in [1.29, 1.82) is 0 Å². The number of hydrogen-bond acceptors (Lipinski definition) is 3. The SMILES string of the molecule is Cc1ccc(-c2cn[nH]c2C2CCCN(C(=O)c3cncc(C)c3)C2)cc1. The van der Waals surface area contributed by atoms with Gasteiger partial charge in [-0.05, 0) is 43.9 Å². The fraction of sp³-hybridized carbons (Fsp3) is 0.318. The molecule has 3 aromatic rings. The van der Waals surface area contributed by atoms with Crippen LogP contribution in [0.15, 0.2) is 48.9 Å². The standard InChI is InChI=1S/C22H24N4O/c1-15-5-7-17(8-6-15)20-13-24-25-21(20)18-4-3-9-26(14-18)22(27)19-10-16(2)11-23-12-19/h5-8,10-13,18H,3-4,9,14H2,1-2H3,(H,24,25). The second-order valence-corrected chi connectivity index (χ2v) is 7.40. The van der Waals surface area contributed by atoms with Crippen molar-refractivity contribution in [2.75, 3.05) is 13.1 Å². The predicted molar refractivity (Wildman–Crippen MR) is 106 cm³/mol. The van der Waals surface area contributed by atoms with Gasteiger partial charge in [-0.1, -0.05) is 29.8 Å². The molecular formula is C22H24N4O. The van der Waals surface area contributed by atoms with E-state index in [1.807, 2.05) is 24.1 Å². The Bertz CT molecular complexity index is 945. The van der Waals surface area contributed by atoms with Crippen LogP contribution in [0, 0.1) is 13.8 Å². The fourth-order valence-corrected chi connectivity index (χ4v) is 3.82. The van der Waals surface area contributed by atoms with Gasteiger partial charge in [-0.2, -0.15) is 5.10 Å². The molecule has 0 bridgehead atoms. The van der Waals surface area contributed by atoms with Crippen LogP contribution in [0.1, 0.15) is 45.9 Å². The first-order valence-electron chi connectivity index (χ1n) is 9.43. The Labute approximate surface area is 159 Å². The number of piperidine rings is 1. The molecule has 1 unspecified atom stereocenters. The maximum Gasteiger partial charge on any atom is 0.255 e. The maximum absolute atomic E-state index is 12.9. The molecule has 1 aromatic carbocycles. The number of likely N-dealkylation sites (tertiary alicyclic amines) is 1. The number of carbonyl (C=O) groups excluding carboxylic acids is 1. The van der Waals surface area contributed by atoms with Crippen LogP contribution in [-0.2, 0) is 0 Å². The zero-order valence-corrected chi connectivity index (χ0v) is 15.8. The second kappa shape index (κ2) is 7.35. The zero-order valence-electron chi connectivity index (χ0n) is 15.8. The molecule has 1 aliphatic heterocycles. The highest BCUT2D eigenvalue weighted by atomic mass is 16.2. The fourth-order valence-electron chi connectivity index (χ4n) is 3.82. The summed E-state index contributed by atoms with van der Waals surface area (Å²) in [5.41, 5.74) is 6.33. The molecule has 0 aliphatic carbocycles. The van der Waals surface area contributed by atoms with E-state index in [-0.39, 0.29) is 11.8 Å². The van der Waals surface area contributed by atoms with Gasteiger partial charge in [0, 0.05) is 42.7 Å². The van der Waals surface area contributed by atoms with Crippen molar-refractivity contribution >= 4 is 5.91 Å². The third kappa shape index (κ3) is 3.63. The molecule has 27 heavy (non-hydrogen) atoms. The number of nitrogens with one attached hydrogen (secondary N) is 1. The number of carbonyl (C=O) groups is 1. The van der Waals surface area contributed by atoms with Crippen LogP contribution >= 0.6 is 0 Å². The molecular weight excluding hydrogens is 336 g/mol. The van der Waals surface area contributed by atoms with E-state index in [1.165, 1.54) is 5.56 Å². The summed E-state index contributed by atoms with van der Waals surface area (Å²) in [6.07, 6.45) is 7.37. The van der Waals surface area contributed by atoms with Crippen molar-refractivity contribution in [3.63, 3.8) is 0 Å². The lowest BCUT2D eigenvalue weighted by molar-refractivity contribution is 0.0705. The molecule has 3 heterocycles. The van der Waals surface area contributed by atoms with Crippen LogP contribution in [0.4, 0.5) is 0 Å². The average Bonchev–Trinajstić information content (AvgIpc) is 3.18. The van der Waals surface area contributed by atoms with E-state index in [1.54, 1.807) is 12.4 Å². The van der Waals surface area contributed by atoms with E-state index in [4.69, 9.17) is 0 Å². The number of pyridine rings is 1. The van der Waals surface area contributed by atoms with Gasteiger partial charge in [0.2, 0.25) is 0 Å². The normalized spacial score (nSPS) is 17.1.